The number of ether oxygens (including phenoxy) is 1. The molecule has 0 unspecified atom stereocenters. The number of morpholine rings is 1. The Morgan fingerprint density at radius 2 is 1.72 bits per heavy atom. The molecule has 0 saturated carbocycles. The summed E-state index contributed by atoms with van der Waals surface area (Å²) in [5, 5.41) is 8.26. The Bertz CT molecular complexity index is 1130. The van der Waals surface area contributed by atoms with E-state index < -0.39 is 21.6 Å². The highest BCUT2D eigenvalue weighted by Gasteiger charge is 2.31. The largest absolute Gasteiger partial charge is 0.378 e. The molecule has 29 heavy (non-hydrogen) atoms. The molecule has 2 aromatic carbocycles. The lowest BCUT2D eigenvalue weighted by Crippen LogP contribution is -2.36. The van der Waals surface area contributed by atoms with E-state index in [4.69, 9.17) is 9.88 Å². The van der Waals surface area contributed by atoms with Crippen molar-refractivity contribution in [2.75, 3.05) is 36.5 Å². The van der Waals surface area contributed by atoms with Crippen LogP contribution in [0.5, 0.6) is 0 Å². The number of para-hydroxylation sites is 2. The summed E-state index contributed by atoms with van der Waals surface area (Å²) >= 11 is 0. The highest BCUT2D eigenvalue weighted by atomic mass is 32.2. The quantitative estimate of drug-likeness (QED) is 0.780. The van der Waals surface area contributed by atoms with E-state index in [1.165, 1.54) is 18.2 Å². The summed E-state index contributed by atoms with van der Waals surface area (Å²) in [6.45, 7) is 2.65. The minimum absolute atomic E-state index is 0.00961. The minimum Gasteiger partial charge on any atom is -0.378 e. The predicted octanol–water partition coefficient (Wildman–Crippen LogP) is 1.55. The molecule has 0 bridgehead atoms. The van der Waals surface area contributed by atoms with Crippen LogP contribution in [-0.2, 0) is 14.8 Å². The van der Waals surface area contributed by atoms with Crippen LogP contribution < -0.4 is 15.4 Å². The van der Waals surface area contributed by atoms with Crippen molar-refractivity contribution in [1.29, 1.82) is 0 Å². The molecule has 2 aromatic rings. The second-order valence-corrected chi connectivity index (χ2v) is 8.25. The van der Waals surface area contributed by atoms with Crippen molar-refractivity contribution >= 4 is 33.0 Å². The first kappa shape index (κ1) is 19.3. The van der Waals surface area contributed by atoms with Gasteiger partial charge in [0.25, 0.3) is 0 Å². The van der Waals surface area contributed by atoms with Crippen LogP contribution in [0.3, 0.4) is 0 Å². The van der Waals surface area contributed by atoms with E-state index in [0.29, 0.717) is 32.0 Å². The molecule has 0 amide bonds. The highest BCUT2D eigenvalue weighted by Crippen LogP contribution is 2.31. The van der Waals surface area contributed by atoms with Gasteiger partial charge in [-0.25, -0.2) is 13.6 Å². The number of carbonyl (C=O) groups is 2. The Hall–Kier alpha value is -3.01. The first-order valence-corrected chi connectivity index (χ1v) is 10.6. The zero-order chi connectivity index (χ0) is 20.6. The number of fused-ring (bicyclic) bond motifs is 1. The molecule has 1 fully saturated rings. The van der Waals surface area contributed by atoms with Crippen LogP contribution in [0.25, 0.3) is 0 Å². The number of nitrogens with one attached hydrogen (secondary N) is 1. The summed E-state index contributed by atoms with van der Waals surface area (Å²) in [5.74, 6) is -1.06. The molecule has 150 valence electrons. The second kappa shape index (κ2) is 7.43. The molecule has 0 aromatic heterocycles. The third-order valence-corrected chi connectivity index (χ3v) is 5.82. The molecule has 4 rings (SSSR count). The van der Waals surface area contributed by atoms with Gasteiger partial charge in [-0.3, -0.25) is 9.59 Å². The Kier molecular flexibility index (Phi) is 4.95. The third-order valence-electron chi connectivity index (χ3n) is 4.87. The van der Waals surface area contributed by atoms with Gasteiger partial charge in [0.15, 0.2) is 5.78 Å². The Labute approximate surface area is 168 Å². The lowest BCUT2D eigenvalue weighted by molar-refractivity contribution is 0.0983. The minimum atomic E-state index is -4.14. The maximum atomic E-state index is 13.0. The van der Waals surface area contributed by atoms with Gasteiger partial charge < -0.3 is 15.0 Å². The number of hydrogen-bond donors (Lipinski definition) is 2. The lowest BCUT2D eigenvalue weighted by atomic mass is 9.92. The van der Waals surface area contributed by atoms with Crippen LogP contribution in [0, 0.1) is 0 Å². The number of rotatable bonds is 4. The first-order valence-electron chi connectivity index (χ1n) is 9.01. The van der Waals surface area contributed by atoms with E-state index in [1.54, 1.807) is 0 Å². The van der Waals surface area contributed by atoms with Crippen LogP contribution in [0.4, 0.5) is 11.4 Å². The second-order valence-electron chi connectivity index (χ2n) is 6.72. The van der Waals surface area contributed by atoms with Gasteiger partial charge in [-0.15, -0.1) is 0 Å². The smallest absolute Gasteiger partial charge is 0.238 e. The van der Waals surface area contributed by atoms with Crippen LogP contribution >= 0.6 is 0 Å². The fraction of sp³-hybridized carbons (Fsp3) is 0.200. The van der Waals surface area contributed by atoms with Gasteiger partial charge in [0.05, 0.1) is 40.7 Å². The number of hydrogen-bond acceptors (Lipinski definition) is 7. The fourth-order valence-corrected chi connectivity index (χ4v) is 4.29. The molecule has 0 spiro atoms. The number of ketones is 2. The van der Waals surface area contributed by atoms with E-state index in [-0.39, 0.29) is 21.7 Å². The standard InChI is InChI=1S/C20H19N3O5S/c21-29(26,27)18-7-3-4-13-19(18)17(24)12-15(20(13)25)22-14-5-1-2-6-16(14)23-8-10-28-11-9-23/h1-7,12,22H,8-11H2,(H2,21,26,27). The number of primary sulfonamides is 1. The van der Waals surface area contributed by atoms with Crippen LogP contribution in [0.1, 0.15) is 20.7 Å². The molecule has 1 saturated heterocycles. The maximum absolute atomic E-state index is 13.0. The molecule has 9 heteroatoms. The van der Waals surface area contributed by atoms with Gasteiger partial charge in [-0.05, 0) is 18.2 Å². The van der Waals surface area contributed by atoms with E-state index in [9.17, 15) is 18.0 Å². The number of nitrogens with two attached hydrogens (primary N) is 1. The lowest BCUT2D eigenvalue weighted by Gasteiger charge is -2.31. The van der Waals surface area contributed by atoms with Gasteiger partial charge in [0.1, 0.15) is 0 Å². The molecular weight excluding hydrogens is 394 g/mol. The number of carbonyl (C=O) groups excluding carboxylic acids is 2. The number of sulfonamides is 1. The average molecular weight is 413 g/mol. The van der Waals surface area contributed by atoms with Gasteiger partial charge in [-0.1, -0.05) is 24.3 Å². The van der Waals surface area contributed by atoms with Crippen molar-refractivity contribution in [2.45, 2.75) is 4.90 Å². The van der Waals surface area contributed by atoms with Crippen molar-refractivity contribution in [3.05, 3.63) is 65.4 Å². The maximum Gasteiger partial charge on any atom is 0.238 e. The molecule has 0 radical (unpaired) electrons. The fourth-order valence-electron chi connectivity index (χ4n) is 3.52. The highest BCUT2D eigenvalue weighted by molar-refractivity contribution is 7.89. The summed E-state index contributed by atoms with van der Waals surface area (Å²) in [4.78, 5) is 27.4. The summed E-state index contributed by atoms with van der Waals surface area (Å²) in [6, 6.07) is 11.5. The normalized spacial score (nSPS) is 17.0. The molecular formula is C20H19N3O5S. The molecule has 0 atom stereocenters. The molecule has 3 N–H and O–H groups in total. The Balaban J connectivity index is 1.70. The van der Waals surface area contributed by atoms with E-state index in [2.05, 4.69) is 10.2 Å². The number of allylic oxidation sites excluding steroid dienone is 2. The van der Waals surface area contributed by atoms with E-state index in [1.807, 2.05) is 24.3 Å². The number of benzene rings is 2. The molecule has 1 aliphatic heterocycles. The zero-order valence-corrected chi connectivity index (χ0v) is 16.2. The molecule has 2 aliphatic rings. The van der Waals surface area contributed by atoms with Crippen LogP contribution in [0.15, 0.2) is 59.1 Å². The van der Waals surface area contributed by atoms with Crippen LogP contribution in [-0.4, -0.2) is 46.3 Å². The van der Waals surface area contributed by atoms with Gasteiger partial charge in [-0.2, -0.15) is 0 Å². The monoisotopic (exact) mass is 413 g/mol. The van der Waals surface area contributed by atoms with Crippen molar-refractivity contribution < 1.29 is 22.7 Å². The molecule has 8 nitrogen and oxygen atoms in total. The van der Waals surface area contributed by atoms with Gasteiger partial charge in [0, 0.05) is 24.7 Å². The van der Waals surface area contributed by atoms with Gasteiger partial charge in [0.2, 0.25) is 15.8 Å². The summed E-state index contributed by atoms with van der Waals surface area (Å²) in [5.41, 5.74) is 1.46. The number of anilines is 2. The molecule has 1 aliphatic carbocycles. The predicted molar refractivity (Wildman–Crippen MR) is 108 cm³/mol. The number of Topliss-reactive ketones (excluding diaryl/α,β-unsaturated/α-hetero) is 1. The van der Waals surface area contributed by atoms with Crippen molar-refractivity contribution in [1.82, 2.24) is 0 Å². The van der Waals surface area contributed by atoms with Crippen molar-refractivity contribution in [3.63, 3.8) is 0 Å². The first-order chi connectivity index (χ1) is 13.9. The summed E-state index contributed by atoms with van der Waals surface area (Å²) < 4.78 is 29.0. The SMILES string of the molecule is NS(=O)(=O)c1cccc2c1C(=O)C=C(Nc1ccccc1N1CCOCC1)C2=O. The van der Waals surface area contributed by atoms with E-state index >= 15 is 0 Å². The third kappa shape index (κ3) is 3.67. The van der Waals surface area contributed by atoms with Crippen molar-refractivity contribution in [3.8, 4) is 0 Å². The van der Waals surface area contributed by atoms with Crippen LogP contribution in [0.2, 0.25) is 0 Å². The molecule has 1 heterocycles. The number of nitrogens with zero attached hydrogens (tertiary/aromatic N) is 1. The van der Waals surface area contributed by atoms with Crippen molar-refractivity contribution in [2.24, 2.45) is 5.14 Å². The summed E-state index contributed by atoms with van der Waals surface area (Å²) in [6.07, 6.45) is 1.12. The Morgan fingerprint density at radius 1 is 1.00 bits per heavy atom. The zero-order valence-electron chi connectivity index (χ0n) is 15.4. The van der Waals surface area contributed by atoms with E-state index in [0.717, 1.165) is 11.8 Å². The average Bonchev–Trinajstić information content (AvgIpc) is 2.72. The Morgan fingerprint density at radius 3 is 2.45 bits per heavy atom. The van der Waals surface area contributed by atoms with Gasteiger partial charge >= 0.3 is 0 Å². The topological polar surface area (TPSA) is 119 Å². The summed E-state index contributed by atoms with van der Waals surface area (Å²) in [7, 11) is -4.14.